The van der Waals surface area contributed by atoms with Gasteiger partial charge in [0, 0.05) is 13.0 Å². The zero-order valence-electron chi connectivity index (χ0n) is 35.4. The number of hydrogen-bond donors (Lipinski definition) is 3. The first-order valence-electron chi connectivity index (χ1n) is 21.6. The molecule has 0 aromatic carbocycles. The number of unbranched alkanes of at least 4 members (excludes halogenated alkanes) is 12. The van der Waals surface area contributed by atoms with Crippen LogP contribution in [-0.4, -0.2) is 60.5 Å². The highest BCUT2D eigenvalue weighted by Crippen LogP contribution is 2.43. The van der Waals surface area contributed by atoms with Gasteiger partial charge in [-0.15, -0.1) is 0 Å². The molecule has 0 fully saturated rings. The molecule has 0 rings (SSSR count). The van der Waals surface area contributed by atoms with Gasteiger partial charge in [-0.2, -0.15) is 0 Å². The number of carboxylic acid groups (broad SMARTS) is 1. The van der Waals surface area contributed by atoms with Crippen LogP contribution in [0.4, 0.5) is 0 Å². The molecule has 0 radical (unpaired) electrons. The van der Waals surface area contributed by atoms with Gasteiger partial charge in [-0.1, -0.05) is 144 Å². The molecule has 0 aliphatic rings. The van der Waals surface area contributed by atoms with Crippen molar-refractivity contribution < 1.29 is 42.7 Å². The smallest absolute Gasteiger partial charge is 0.472 e. The van der Waals surface area contributed by atoms with Gasteiger partial charge in [0.2, 0.25) is 0 Å². The number of rotatable bonds is 40. The molecule has 11 heteroatoms. The molecule has 0 amide bonds. The van der Waals surface area contributed by atoms with Crippen molar-refractivity contribution in [2.24, 2.45) is 5.73 Å². The summed E-state index contributed by atoms with van der Waals surface area (Å²) in [4.78, 5) is 33.5. The zero-order chi connectivity index (χ0) is 41.9. The van der Waals surface area contributed by atoms with Gasteiger partial charge in [0.25, 0.3) is 0 Å². The van der Waals surface area contributed by atoms with E-state index in [1.165, 1.54) is 19.3 Å². The number of hydrogen-bond acceptors (Lipinski definition) is 8. The number of phosphoric ester groups is 1. The summed E-state index contributed by atoms with van der Waals surface area (Å²) >= 11 is 0. The van der Waals surface area contributed by atoms with E-state index in [-0.39, 0.29) is 13.0 Å². The summed E-state index contributed by atoms with van der Waals surface area (Å²) in [5.41, 5.74) is 5.35. The Hall–Kier alpha value is -2.85. The fourth-order valence-corrected chi connectivity index (χ4v) is 6.08. The largest absolute Gasteiger partial charge is 0.480 e. The van der Waals surface area contributed by atoms with Crippen molar-refractivity contribution in [1.82, 2.24) is 0 Å². The molecule has 0 aliphatic carbocycles. The first-order chi connectivity index (χ1) is 27.7. The predicted octanol–water partition coefficient (Wildman–Crippen LogP) is 12.0. The first-order valence-corrected chi connectivity index (χ1v) is 23.1. The van der Waals surface area contributed by atoms with Crippen LogP contribution < -0.4 is 5.73 Å². The summed E-state index contributed by atoms with van der Waals surface area (Å²) in [6, 6.07) is -1.48. The fourth-order valence-electron chi connectivity index (χ4n) is 5.31. The molecule has 0 bridgehead atoms. The molecular formula is C46H78NO9P. The molecule has 0 aliphatic heterocycles. The van der Waals surface area contributed by atoms with Gasteiger partial charge in [-0.25, -0.2) is 4.57 Å². The van der Waals surface area contributed by atoms with E-state index in [0.29, 0.717) is 13.0 Å². The molecule has 326 valence electrons. The Labute approximate surface area is 346 Å². The molecule has 0 aromatic rings. The van der Waals surface area contributed by atoms with Crippen LogP contribution in [0.2, 0.25) is 0 Å². The van der Waals surface area contributed by atoms with Crippen LogP contribution in [-0.2, 0) is 32.7 Å². The number of allylic oxidation sites excluding steroid dienone is 14. The van der Waals surface area contributed by atoms with Gasteiger partial charge >= 0.3 is 19.8 Å². The molecule has 0 spiro atoms. The minimum Gasteiger partial charge on any atom is -0.480 e. The minimum atomic E-state index is -4.63. The van der Waals surface area contributed by atoms with E-state index < -0.39 is 45.1 Å². The Bertz CT molecular complexity index is 1220. The van der Waals surface area contributed by atoms with E-state index in [4.69, 9.17) is 29.4 Å². The van der Waals surface area contributed by atoms with Crippen molar-refractivity contribution in [3.05, 3.63) is 85.1 Å². The number of phosphoric acid groups is 1. The third kappa shape index (κ3) is 41.1. The second-order valence-electron chi connectivity index (χ2n) is 14.1. The van der Waals surface area contributed by atoms with E-state index in [1.807, 2.05) is 0 Å². The van der Waals surface area contributed by atoms with Crippen molar-refractivity contribution >= 4 is 19.8 Å². The lowest BCUT2D eigenvalue weighted by Gasteiger charge is -2.20. The third-order valence-corrected chi connectivity index (χ3v) is 9.61. The number of carbonyl (C=O) groups excluding carboxylic acids is 1. The molecule has 3 atom stereocenters. The number of aliphatic carboxylic acids is 1. The quantitative estimate of drug-likeness (QED) is 0.0235. The van der Waals surface area contributed by atoms with Crippen LogP contribution in [0.25, 0.3) is 0 Å². The third-order valence-electron chi connectivity index (χ3n) is 8.66. The Morgan fingerprint density at radius 3 is 1.53 bits per heavy atom. The first kappa shape index (κ1) is 54.2. The standard InChI is InChI=1S/C46H78NO9P/c1-3-5-7-9-11-13-15-17-19-20-21-22-23-25-27-29-31-33-35-37-39-53-40-43(41-54-57(51,52)55-42-44(47)46(49)50)56-45(48)38-36-34-32-30-28-26-24-18-16-14-12-10-8-6-4-2/h5,7,11-14,17-19,21-22,24-25,27,43-44H,3-4,6,8-10,15-16,20,23,26,28-42,47H2,1-2H3,(H,49,50)(H,51,52)/b7-5-,13-11-,14-12-,19-17-,22-21-,24-18-,27-25-. The predicted molar refractivity (Wildman–Crippen MR) is 235 cm³/mol. The van der Waals surface area contributed by atoms with Crippen LogP contribution in [0.15, 0.2) is 85.1 Å². The summed E-state index contributed by atoms with van der Waals surface area (Å²) in [5.74, 6) is -1.81. The summed E-state index contributed by atoms with van der Waals surface area (Å²) in [5, 5.41) is 8.89. The summed E-state index contributed by atoms with van der Waals surface area (Å²) in [6.07, 6.45) is 52.0. The highest BCUT2D eigenvalue weighted by atomic mass is 31.2. The van der Waals surface area contributed by atoms with Crippen LogP contribution in [0.3, 0.4) is 0 Å². The summed E-state index contributed by atoms with van der Waals surface area (Å²) in [7, 11) is -4.63. The Morgan fingerprint density at radius 1 is 0.579 bits per heavy atom. The maximum absolute atomic E-state index is 12.6. The van der Waals surface area contributed by atoms with Crippen molar-refractivity contribution in [2.45, 2.75) is 167 Å². The average molecular weight is 820 g/mol. The normalized spacial score (nSPS) is 14.7. The van der Waals surface area contributed by atoms with Gasteiger partial charge in [0.1, 0.15) is 12.1 Å². The topological polar surface area (TPSA) is 155 Å². The lowest BCUT2D eigenvalue weighted by molar-refractivity contribution is -0.154. The van der Waals surface area contributed by atoms with Gasteiger partial charge in [0.15, 0.2) is 0 Å². The minimum absolute atomic E-state index is 0.0113. The van der Waals surface area contributed by atoms with E-state index in [1.54, 1.807) is 0 Å². The Kier molecular flexibility index (Phi) is 39.2. The average Bonchev–Trinajstić information content (AvgIpc) is 3.19. The molecule has 0 aromatic heterocycles. The van der Waals surface area contributed by atoms with Gasteiger partial charge in [-0.05, 0) is 89.9 Å². The highest BCUT2D eigenvalue weighted by molar-refractivity contribution is 7.47. The molecule has 0 saturated carbocycles. The summed E-state index contributed by atoms with van der Waals surface area (Å²) in [6.45, 7) is 3.64. The Morgan fingerprint density at radius 2 is 1.02 bits per heavy atom. The van der Waals surface area contributed by atoms with Crippen LogP contribution in [0.5, 0.6) is 0 Å². The molecule has 10 nitrogen and oxygen atoms in total. The van der Waals surface area contributed by atoms with Gasteiger partial charge < -0.3 is 25.2 Å². The molecule has 0 heterocycles. The molecule has 4 N–H and O–H groups in total. The van der Waals surface area contributed by atoms with E-state index >= 15 is 0 Å². The number of esters is 1. The highest BCUT2D eigenvalue weighted by Gasteiger charge is 2.27. The fraction of sp³-hybridized carbons (Fsp3) is 0.652. The summed E-state index contributed by atoms with van der Waals surface area (Å²) < 4.78 is 33.3. The van der Waals surface area contributed by atoms with Crippen molar-refractivity contribution in [2.75, 3.05) is 26.4 Å². The molecule has 3 unspecified atom stereocenters. The van der Waals surface area contributed by atoms with Crippen LogP contribution >= 0.6 is 7.82 Å². The van der Waals surface area contributed by atoms with Gasteiger partial charge in [-0.3, -0.25) is 18.6 Å². The van der Waals surface area contributed by atoms with E-state index in [0.717, 1.165) is 109 Å². The zero-order valence-corrected chi connectivity index (χ0v) is 36.3. The van der Waals surface area contributed by atoms with Crippen LogP contribution in [0, 0.1) is 0 Å². The lowest BCUT2D eigenvalue weighted by Crippen LogP contribution is -2.34. The van der Waals surface area contributed by atoms with Crippen molar-refractivity contribution in [3.8, 4) is 0 Å². The number of ether oxygens (including phenoxy) is 2. The molecular weight excluding hydrogens is 741 g/mol. The van der Waals surface area contributed by atoms with Crippen molar-refractivity contribution in [3.63, 3.8) is 0 Å². The second kappa shape index (κ2) is 41.3. The number of nitrogens with two attached hydrogens (primary N) is 1. The molecule has 0 saturated heterocycles. The maximum Gasteiger partial charge on any atom is 0.472 e. The molecule has 57 heavy (non-hydrogen) atoms. The van der Waals surface area contributed by atoms with E-state index in [9.17, 15) is 19.0 Å². The van der Waals surface area contributed by atoms with Gasteiger partial charge in [0.05, 0.1) is 19.8 Å². The SMILES string of the molecule is CC/C=C\C/C=C\C/C=C\C/C=C\C/C=C\CCCCCCOCC(COP(=O)(O)OCC(N)C(=O)O)OC(=O)CCCCCCC/C=C\C/C=C\CCCCC. The maximum atomic E-state index is 12.6. The number of carbonyl (C=O) groups is 2. The van der Waals surface area contributed by atoms with E-state index in [2.05, 4.69) is 98.9 Å². The Balaban J connectivity index is 4.34. The second-order valence-corrected chi connectivity index (χ2v) is 15.5. The van der Waals surface area contributed by atoms with Crippen molar-refractivity contribution in [1.29, 1.82) is 0 Å². The van der Waals surface area contributed by atoms with Crippen LogP contribution in [0.1, 0.15) is 155 Å². The monoisotopic (exact) mass is 820 g/mol. The number of carboxylic acids is 1. The lowest BCUT2D eigenvalue weighted by atomic mass is 10.1.